The van der Waals surface area contributed by atoms with Gasteiger partial charge >= 0.3 is 0 Å². The molecule has 0 saturated heterocycles. The second-order valence-corrected chi connectivity index (χ2v) is 4.67. The molecule has 0 aromatic carbocycles. The summed E-state index contributed by atoms with van der Waals surface area (Å²) >= 11 is 0. The molecule has 15 heavy (non-hydrogen) atoms. The van der Waals surface area contributed by atoms with E-state index in [9.17, 15) is 5.11 Å². The third kappa shape index (κ3) is 3.83. The lowest BCUT2D eigenvalue weighted by Gasteiger charge is -2.38. The molecule has 0 aliphatic heterocycles. The first-order valence-corrected chi connectivity index (χ1v) is 5.96. The van der Waals surface area contributed by atoms with Crippen LogP contribution in [0.3, 0.4) is 0 Å². The van der Waals surface area contributed by atoms with Crippen molar-refractivity contribution in [3.63, 3.8) is 0 Å². The minimum absolute atomic E-state index is 0.185. The number of hydrogen-bond donors (Lipinski definition) is 1. The highest BCUT2D eigenvalue weighted by Crippen LogP contribution is 2.41. The largest absolute Gasteiger partial charge is 0.389 e. The third-order valence-electron chi connectivity index (χ3n) is 2.91. The van der Waals surface area contributed by atoms with Crippen LogP contribution in [0, 0.1) is 11.3 Å². The van der Waals surface area contributed by atoms with E-state index in [0.717, 1.165) is 6.42 Å². The first kappa shape index (κ1) is 14.4. The van der Waals surface area contributed by atoms with Crippen molar-refractivity contribution < 1.29 is 5.11 Å². The van der Waals surface area contributed by atoms with Gasteiger partial charge in [0.25, 0.3) is 0 Å². The van der Waals surface area contributed by atoms with Gasteiger partial charge in [0.1, 0.15) is 0 Å². The van der Waals surface area contributed by atoms with Crippen molar-refractivity contribution in [2.75, 3.05) is 0 Å². The smallest absolute Gasteiger partial charge is 0.0729 e. The van der Waals surface area contributed by atoms with E-state index in [2.05, 4.69) is 32.9 Å². The maximum Gasteiger partial charge on any atom is 0.0729 e. The summed E-state index contributed by atoms with van der Waals surface area (Å²) in [6, 6.07) is 0. The summed E-state index contributed by atoms with van der Waals surface area (Å²) in [6.07, 6.45) is 6.92. The van der Waals surface area contributed by atoms with Gasteiger partial charge in [-0.25, -0.2) is 0 Å². The molecule has 0 aromatic rings. The fraction of sp³-hybridized carbons (Fsp3) is 0.714. The van der Waals surface area contributed by atoms with E-state index >= 15 is 0 Å². The lowest BCUT2D eigenvalue weighted by atomic mass is 9.68. The molecule has 0 amide bonds. The molecule has 1 heteroatoms. The van der Waals surface area contributed by atoms with Crippen LogP contribution in [0.1, 0.15) is 48.0 Å². The van der Waals surface area contributed by atoms with Gasteiger partial charge in [-0.1, -0.05) is 51.5 Å². The van der Waals surface area contributed by atoms with Gasteiger partial charge in [0.2, 0.25) is 0 Å². The molecule has 1 aliphatic rings. The second-order valence-electron chi connectivity index (χ2n) is 4.67. The van der Waals surface area contributed by atoms with E-state index in [1.807, 2.05) is 26.8 Å². The molecule has 0 aromatic heterocycles. The Labute approximate surface area is 94.9 Å². The molecule has 2 unspecified atom stereocenters. The quantitative estimate of drug-likeness (QED) is 0.650. The molecule has 2 atom stereocenters. The average Bonchev–Trinajstić information content (AvgIpc) is 2.13. The molecule has 1 rings (SSSR count). The Morgan fingerprint density at radius 2 is 1.93 bits per heavy atom. The van der Waals surface area contributed by atoms with Gasteiger partial charge in [0.05, 0.1) is 6.10 Å². The van der Waals surface area contributed by atoms with Crippen LogP contribution in [-0.4, -0.2) is 11.2 Å². The number of allylic oxidation sites excluding steroid dienone is 3. The Hall–Kier alpha value is -0.560. The van der Waals surface area contributed by atoms with Crippen LogP contribution in [0.2, 0.25) is 0 Å². The van der Waals surface area contributed by atoms with Crippen molar-refractivity contribution in [2.24, 2.45) is 11.3 Å². The van der Waals surface area contributed by atoms with Crippen LogP contribution >= 0.6 is 0 Å². The number of rotatable bonds is 1. The van der Waals surface area contributed by atoms with Crippen LogP contribution in [0.15, 0.2) is 23.8 Å². The van der Waals surface area contributed by atoms with E-state index in [-0.39, 0.29) is 11.5 Å². The van der Waals surface area contributed by atoms with Crippen molar-refractivity contribution in [1.82, 2.24) is 0 Å². The summed E-state index contributed by atoms with van der Waals surface area (Å²) in [5.74, 6) is 0.487. The molecule has 0 radical (unpaired) electrons. The predicted molar refractivity (Wildman–Crippen MR) is 67.8 cm³/mol. The molecule has 0 spiro atoms. The number of aliphatic hydroxyl groups excluding tert-OH is 1. The topological polar surface area (TPSA) is 20.2 Å². The molecule has 88 valence electrons. The van der Waals surface area contributed by atoms with E-state index in [4.69, 9.17) is 0 Å². The minimum atomic E-state index is -0.253. The SMILES string of the molecule is C/C=C/C1C(C)=CC(O)CC1(C)C.CC. The zero-order valence-corrected chi connectivity index (χ0v) is 11.0. The molecule has 0 bridgehead atoms. The van der Waals surface area contributed by atoms with Crippen molar-refractivity contribution in [1.29, 1.82) is 0 Å². The molecule has 0 fully saturated rings. The maximum atomic E-state index is 9.60. The summed E-state index contributed by atoms with van der Waals surface area (Å²) in [5, 5.41) is 9.60. The Bertz CT molecular complexity index is 236. The van der Waals surface area contributed by atoms with Crippen LogP contribution in [0.25, 0.3) is 0 Å². The number of hydrogen-bond acceptors (Lipinski definition) is 1. The normalized spacial score (nSPS) is 29.4. The number of aliphatic hydroxyl groups is 1. The van der Waals surface area contributed by atoms with Crippen molar-refractivity contribution in [3.8, 4) is 0 Å². The standard InChI is InChI=1S/C12H20O.C2H6/c1-5-6-11-9(2)7-10(13)8-12(11,3)4;1-2/h5-7,10-11,13H,8H2,1-4H3;1-2H3/b6-5+;. The summed E-state index contributed by atoms with van der Waals surface area (Å²) in [4.78, 5) is 0. The van der Waals surface area contributed by atoms with Crippen LogP contribution in [0.4, 0.5) is 0 Å². The highest BCUT2D eigenvalue weighted by Gasteiger charge is 2.34. The highest BCUT2D eigenvalue weighted by molar-refractivity contribution is 5.20. The van der Waals surface area contributed by atoms with Crippen molar-refractivity contribution in [3.05, 3.63) is 23.8 Å². The van der Waals surface area contributed by atoms with Gasteiger partial charge in [-0.05, 0) is 25.7 Å². The summed E-state index contributed by atoms with van der Waals surface area (Å²) in [6.45, 7) is 12.6. The molecule has 0 heterocycles. The summed E-state index contributed by atoms with van der Waals surface area (Å²) in [7, 11) is 0. The van der Waals surface area contributed by atoms with Gasteiger partial charge < -0.3 is 5.11 Å². The Morgan fingerprint density at radius 1 is 1.40 bits per heavy atom. The van der Waals surface area contributed by atoms with Crippen molar-refractivity contribution >= 4 is 0 Å². The fourth-order valence-corrected chi connectivity index (χ4v) is 2.35. The summed E-state index contributed by atoms with van der Waals surface area (Å²) < 4.78 is 0. The van der Waals surface area contributed by atoms with Gasteiger partial charge in [-0.15, -0.1) is 0 Å². The van der Waals surface area contributed by atoms with E-state index < -0.39 is 0 Å². The van der Waals surface area contributed by atoms with Gasteiger partial charge in [0.15, 0.2) is 0 Å². The molecular formula is C14H26O. The second kappa shape index (κ2) is 6.12. The fourth-order valence-electron chi connectivity index (χ4n) is 2.35. The van der Waals surface area contributed by atoms with Crippen molar-refractivity contribution in [2.45, 2.75) is 54.1 Å². The zero-order chi connectivity index (χ0) is 12.1. The Kier molecular flexibility index (Phi) is 5.89. The van der Waals surface area contributed by atoms with E-state index in [1.54, 1.807) is 0 Å². The van der Waals surface area contributed by atoms with Gasteiger partial charge in [0, 0.05) is 5.92 Å². The van der Waals surface area contributed by atoms with Crippen LogP contribution in [-0.2, 0) is 0 Å². The molecule has 1 nitrogen and oxygen atoms in total. The highest BCUT2D eigenvalue weighted by atomic mass is 16.3. The monoisotopic (exact) mass is 210 g/mol. The van der Waals surface area contributed by atoms with E-state index in [0.29, 0.717) is 5.92 Å². The Balaban J connectivity index is 0.000000921. The lowest BCUT2D eigenvalue weighted by molar-refractivity contribution is 0.117. The average molecular weight is 210 g/mol. The first-order chi connectivity index (χ1) is 6.97. The minimum Gasteiger partial charge on any atom is -0.389 e. The maximum absolute atomic E-state index is 9.60. The summed E-state index contributed by atoms with van der Waals surface area (Å²) in [5.41, 5.74) is 1.48. The van der Waals surface area contributed by atoms with Gasteiger partial charge in [-0.2, -0.15) is 0 Å². The van der Waals surface area contributed by atoms with E-state index in [1.165, 1.54) is 5.57 Å². The first-order valence-electron chi connectivity index (χ1n) is 5.96. The van der Waals surface area contributed by atoms with Crippen LogP contribution < -0.4 is 0 Å². The van der Waals surface area contributed by atoms with Gasteiger partial charge in [-0.3, -0.25) is 0 Å². The molecule has 1 aliphatic carbocycles. The lowest BCUT2D eigenvalue weighted by Crippen LogP contribution is -2.32. The molecular weight excluding hydrogens is 184 g/mol. The third-order valence-corrected chi connectivity index (χ3v) is 2.91. The molecule has 0 saturated carbocycles. The zero-order valence-electron chi connectivity index (χ0n) is 11.0. The van der Waals surface area contributed by atoms with Crippen LogP contribution in [0.5, 0.6) is 0 Å². The molecule has 1 N–H and O–H groups in total. The predicted octanol–water partition coefficient (Wildman–Crippen LogP) is 3.94. The Morgan fingerprint density at radius 3 is 2.33 bits per heavy atom.